The van der Waals surface area contributed by atoms with Crippen molar-refractivity contribution in [2.45, 2.75) is 31.7 Å². The highest BCUT2D eigenvalue weighted by atomic mass is 16.5. The van der Waals surface area contributed by atoms with Gasteiger partial charge in [0.15, 0.2) is 0 Å². The number of aliphatic carboxylic acids is 1. The number of amides is 2. The number of carbonyl (C=O) groups excluding carboxylic acids is 1. The van der Waals surface area contributed by atoms with Crippen molar-refractivity contribution in [1.82, 2.24) is 10.2 Å². The third-order valence-electron chi connectivity index (χ3n) is 4.04. The van der Waals surface area contributed by atoms with E-state index in [1.54, 1.807) is 7.05 Å². The van der Waals surface area contributed by atoms with E-state index in [0.717, 1.165) is 19.3 Å². The lowest BCUT2D eigenvalue weighted by atomic mass is 10.0. The van der Waals surface area contributed by atoms with Crippen LogP contribution in [0.5, 0.6) is 0 Å². The van der Waals surface area contributed by atoms with Crippen LogP contribution in [0.15, 0.2) is 11.6 Å². The van der Waals surface area contributed by atoms with Crippen LogP contribution in [-0.4, -0.2) is 54.9 Å². The molecule has 0 aromatic rings. The number of likely N-dealkylation sites (N-methyl/N-ethyl adjacent to an activating group) is 1. The number of nitrogens with one attached hydrogen (secondary N) is 1. The first-order chi connectivity index (χ1) is 9.59. The molecule has 2 N–H and O–H groups in total. The Morgan fingerprint density at radius 3 is 2.95 bits per heavy atom. The van der Waals surface area contributed by atoms with Gasteiger partial charge in [0.2, 0.25) is 0 Å². The number of carboxylic acid groups (broad SMARTS) is 1. The van der Waals surface area contributed by atoms with Crippen molar-refractivity contribution in [2.24, 2.45) is 5.92 Å². The highest BCUT2D eigenvalue weighted by molar-refractivity contribution is 5.77. The van der Waals surface area contributed by atoms with E-state index >= 15 is 0 Å². The lowest BCUT2D eigenvalue weighted by Crippen LogP contribution is -2.48. The number of urea groups is 1. The van der Waals surface area contributed by atoms with E-state index in [2.05, 4.69) is 11.4 Å². The summed E-state index contributed by atoms with van der Waals surface area (Å²) in [4.78, 5) is 24.6. The summed E-state index contributed by atoms with van der Waals surface area (Å²) in [5, 5.41) is 11.9. The average molecular weight is 282 g/mol. The predicted molar refractivity (Wildman–Crippen MR) is 73.4 cm³/mol. The molecule has 0 aromatic heterocycles. The van der Waals surface area contributed by atoms with E-state index < -0.39 is 17.9 Å². The molecular weight excluding hydrogens is 260 g/mol. The third-order valence-corrected chi connectivity index (χ3v) is 4.04. The van der Waals surface area contributed by atoms with Crippen LogP contribution in [-0.2, 0) is 9.53 Å². The van der Waals surface area contributed by atoms with Gasteiger partial charge in [-0.1, -0.05) is 11.6 Å². The number of allylic oxidation sites excluding steroid dienone is 1. The molecule has 1 aliphatic heterocycles. The van der Waals surface area contributed by atoms with Crippen molar-refractivity contribution in [1.29, 1.82) is 0 Å². The lowest BCUT2D eigenvalue weighted by Gasteiger charge is -2.26. The molecule has 2 atom stereocenters. The second-order valence-electron chi connectivity index (χ2n) is 5.40. The highest BCUT2D eigenvalue weighted by Crippen LogP contribution is 2.20. The molecular formula is C14H22N2O4. The summed E-state index contributed by atoms with van der Waals surface area (Å²) in [7, 11) is 1.62. The van der Waals surface area contributed by atoms with Gasteiger partial charge in [0.1, 0.15) is 5.92 Å². The van der Waals surface area contributed by atoms with Gasteiger partial charge in [-0.2, -0.15) is 0 Å². The van der Waals surface area contributed by atoms with Gasteiger partial charge in [-0.25, -0.2) is 4.79 Å². The minimum atomic E-state index is -0.914. The van der Waals surface area contributed by atoms with Crippen LogP contribution in [0.4, 0.5) is 4.79 Å². The Labute approximate surface area is 118 Å². The summed E-state index contributed by atoms with van der Waals surface area (Å²) in [6.07, 6.45) is 6.60. The first-order valence-electron chi connectivity index (χ1n) is 7.08. The first-order valence-corrected chi connectivity index (χ1v) is 7.08. The second-order valence-corrected chi connectivity index (χ2v) is 5.40. The standard InChI is InChI=1S/C14H22N2O4/c1-16(12-9-20-8-11(12)13(17)18)14(19)15-7-6-10-4-2-3-5-10/h4,11-12H,2-3,5-9H2,1H3,(H,15,19)(H,17,18). The van der Waals surface area contributed by atoms with Crippen LogP contribution < -0.4 is 5.32 Å². The average Bonchev–Trinajstić information content (AvgIpc) is 3.08. The Morgan fingerprint density at radius 2 is 2.30 bits per heavy atom. The number of nitrogens with zero attached hydrogens (tertiary/aromatic N) is 1. The van der Waals surface area contributed by atoms with Gasteiger partial charge in [0.05, 0.1) is 19.3 Å². The normalized spacial score (nSPS) is 25.4. The van der Waals surface area contributed by atoms with Crippen molar-refractivity contribution >= 4 is 12.0 Å². The quantitative estimate of drug-likeness (QED) is 0.743. The van der Waals surface area contributed by atoms with Crippen molar-refractivity contribution in [3.63, 3.8) is 0 Å². The first kappa shape index (κ1) is 14.8. The Hall–Kier alpha value is -1.56. The molecule has 1 fully saturated rings. The Kier molecular flexibility index (Phi) is 5.00. The molecule has 20 heavy (non-hydrogen) atoms. The van der Waals surface area contributed by atoms with Crippen molar-refractivity contribution < 1.29 is 19.4 Å². The zero-order valence-electron chi connectivity index (χ0n) is 11.8. The molecule has 1 heterocycles. The maximum Gasteiger partial charge on any atom is 0.317 e. The van der Waals surface area contributed by atoms with Gasteiger partial charge < -0.3 is 20.1 Å². The fraction of sp³-hybridized carbons (Fsp3) is 0.714. The molecule has 0 aromatic carbocycles. The van der Waals surface area contributed by atoms with Gasteiger partial charge in [-0.05, 0) is 25.7 Å². The third kappa shape index (κ3) is 3.50. The van der Waals surface area contributed by atoms with Gasteiger partial charge in [0.25, 0.3) is 0 Å². The van der Waals surface area contributed by atoms with Crippen LogP contribution in [0.3, 0.4) is 0 Å². The van der Waals surface area contributed by atoms with E-state index in [1.807, 2.05) is 0 Å². The van der Waals surface area contributed by atoms with E-state index in [4.69, 9.17) is 9.84 Å². The van der Waals surface area contributed by atoms with E-state index in [-0.39, 0.29) is 19.2 Å². The SMILES string of the molecule is CN(C(=O)NCCC1=CCCC1)C1COCC1C(=O)O. The molecule has 2 aliphatic rings. The summed E-state index contributed by atoms with van der Waals surface area (Å²) in [6, 6.07) is -0.622. The van der Waals surface area contributed by atoms with Gasteiger partial charge in [0, 0.05) is 13.6 Å². The van der Waals surface area contributed by atoms with E-state index in [0.29, 0.717) is 6.54 Å². The molecule has 112 valence electrons. The molecule has 2 unspecified atom stereocenters. The van der Waals surface area contributed by atoms with Crippen molar-refractivity contribution in [3.8, 4) is 0 Å². The Bertz CT molecular complexity index is 408. The van der Waals surface area contributed by atoms with Crippen molar-refractivity contribution in [2.75, 3.05) is 26.8 Å². The lowest BCUT2D eigenvalue weighted by molar-refractivity contribution is -0.142. The van der Waals surface area contributed by atoms with Crippen LogP contribution in [0.2, 0.25) is 0 Å². The van der Waals surface area contributed by atoms with Gasteiger partial charge in [-0.3, -0.25) is 4.79 Å². The van der Waals surface area contributed by atoms with Crippen LogP contribution >= 0.6 is 0 Å². The molecule has 2 amide bonds. The van der Waals surface area contributed by atoms with Gasteiger partial charge >= 0.3 is 12.0 Å². The van der Waals surface area contributed by atoms with Crippen LogP contribution in [0, 0.1) is 5.92 Å². The summed E-state index contributed by atoms with van der Waals surface area (Å²) in [6.45, 7) is 1.05. The van der Waals surface area contributed by atoms with Crippen LogP contribution in [0.25, 0.3) is 0 Å². The van der Waals surface area contributed by atoms with Crippen LogP contribution in [0.1, 0.15) is 25.7 Å². The predicted octanol–water partition coefficient (Wildman–Crippen LogP) is 1.23. The number of ether oxygens (including phenoxy) is 1. The molecule has 2 rings (SSSR count). The number of carboxylic acids is 1. The zero-order valence-corrected chi connectivity index (χ0v) is 11.8. The fourth-order valence-electron chi connectivity index (χ4n) is 2.73. The van der Waals surface area contributed by atoms with E-state index in [1.165, 1.54) is 16.9 Å². The largest absolute Gasteiger partial charge is 0.481 e. The smallest absolute Gasteiger partial charge is 0.317 e. The Morgan fingerprint density at radius 1 is 1.50 bits per heavy atom. The Balaban J connectivity index is 1.77. The summed E-state index contributed by atoms with van der Waals surface area (Å²) in [5.74, 6) is -1.55. The zero-order chi connectivity index (χ0) is 14.5. The maximum absolute atomic E-state index is 12.0. The summed E-state index contributed by atoms with van der Waals surface area (Å²) < 4.78 is 5.18. The molecule has 1 saturated heterocycles. The fourth-order valence-corrected chi connectivity index (χ4v) is 2.73. The number of carbonyl (C=O) groups is 2. The highest BCUT2D eigenvalue weighted by Gasteiger charge is 2.38. The van der Waals surface area contributed by atoms with Gasteiger partial charge in [-0.15, -0.1) is 0 Å². The van der Waals surface area contributed by atoms with E-state index in [9.17, 15) is 9.59 Å². The summed E-state index contributed by atoms with van der Waals surface area (Å²) >= 11 is 0. The molecule has 6 nitrogen and oxygen atoms in total. The number of hydrogen-bond acceptors (Lipinski definition) is 3. The minimum absolute atomic E-state index is 0.171. The monoisotopic (exact) mass is 282 g/mol. The topological polar surface area (TPSA) is 78.9 Å². The molecule has 6 heteroatoms. The molecule has 1 aliphatic carbocycles. The maximum atomic E-state index is 12.0. The molecule has 0 radical (unpaired) electrons. The minimum Gasteiger partial charge on any atom is -0.481 e. The van der Waals surface area contributed by atoms with Crippen molar-refractivity contribution in [3.05, 3.63) is 11.6 Å². The number of hydrogen-bond donors (Lipinski definition) is 2. The molecule has 0 spiro atoms. The summed E-state index contributed by atoms with van der Waals surface area (Å²) in [5.41, 5.74) is 1.40. The molecule has 0 saturated carbocycles. The second kappa shape index (κ2) is 6.74. The number of rotatable bonds is 5. The molecule has 0 bridgehead atoms.